The molecule has 0 aliphatic heterocycles. The number of esters is 1. The van der Waals surface area contributed by atoms with Gasteiger partial charge >= 0.3 is 5.97 Å². The number of unbranched alkanes of at least 4 members (excludes halogenated alkanes) is 8. The molecule has 16 heavy (non-hydrogen) atoms. The van der Waals surface area contributed by atoms with Crippen molar-refractivity contribution in [1.29, 1.82) is 0 Å². The van der Waals surface area contributed by atoms with Crippen LogP contribution in [0.4, 0.5) is 0 Å². The molecule has 0 saturated heterocycles. The number of hydrogen-bond donors (Lipinski definition) is 0. The Kier molecular flexibility index (Phi) is 11.7. The first-order valence-corrected chi connectivity index (χ1v) is 6.59. The second-order valence-electron chi connectivity index (χ2n) is 4.24. The molecule has 94 valence electrons. The van der Waals surface area contributed by atoms with E-state index in [-0.39, 0.29) is 5.97 Å². The molecule has 0 unspecified atom stereocenters. The summed E-state index contributed by atoms with van der Waals surface area (Å²) in [7, 11) is 0. The van der Waals surface area contributed by atoms with Gasteiger partial charge in [0.05, 0.1) is 6.26 Å². The highest BCUT2D eigenvalue weighted by atomic mass is 16.5. The summed E-state index contributed by atoms with van der Waals surface area (Å²) in [6, 6.07) is 0. The maximum absolute atomic E-state index is 10.4. The van der Waals surface area contributed by atoms with Gasteiger partial charge in [-0.1, -0.05) is 51.9 Å². The summed E-state index contributed by atoms with van der Waals surface area (Å²) in [6.07, 6.45) is 15.1. The third-order valence-electron chi connectivity index (χ3n) is 2.55. The van der Waals surface area contributed by atoms with Crippen molar-refractivity contribution >= 4 is 5.97 Å². The van der Waals surface area contributed by atoms with E-state index in [1.165, 1.54) is 64.6 Å². The van der Waals surface area contributed by atoms with Gasteiger partial charge in [0.25, 0.3) is 0 Å². The van der Waals surface area contributed by atoms with Crippen LogP contribution in [0.5, 0.6) is 0 Å². The molecule has 0 aromatic rings. The highest BCUT2D eigenvalue weighted by Gasteiger charge is 1.90. The lowest BCUT2D eigenvalue weighted by Gasteiger charge is -1.99. The van der Waals surface area contributed by atoms with Crippen molar-refractivity contribution in [2.75, 3.05) is 0 Å². The Labute approximate surface area is 100 Å². The molecular weight excluding hydrogens is 200 g/mol. The average molecular weight is 226 g/mol. The predicted molar refractivity (Wildman–Crippen MR) is 68.1 cm³/mol. The van der Waals surface area contributed by atoms with Crippen molar-refractivity contribution in [3.8, 4) is 0 Å². The third kappa shape index (κ3) is 13.2. The average Bonchev–Trinajstić information content (AvgIpc) is 2.25. The molecule has 0 aliphatic carbocycles. The van der Waals surface area contributed by atoms with E-state index in [4.69, 9.17) is 4.74 Å². The van der Waals surface area contributed by atoms with Crippen LogP contribution in [0.25, 0.3) is 0 Å². The number of rotatable bonds is 10. The minimum absolute atomic E-state index is 0.243. The number of ether oxygens (including phenoxy) is 1. The van der Waals surface area contributed by atoms with Crippen LogP contribution in [0.2, 0.25) is 0 Å². The number of carbonyl (C=O) groups is 1. The fourth-order valence-corrected chi connectivity index (χ4v) is 1.61. The van der Waals surface area contributed by atoms with Gasteiger partial charge in [-0.25, -0.2) is 0 Å². The second kappa shape index (κ2) is 12.3. The largest absolute Gasteiger partial charge is 0.435 e. The van der Waals surface area contributed by atoms with E-state index in [0.717, 1.165) is 6.42 Å². The molecule has 0 bridgehead atoms. The fraction of sp³-hybridized carbons (Fsp3) is 0.786. The molecule has 0 aromatic heterocycles. The summed E-state index contributed by atoms with van der Waals surface area (Å²) in [6.45, 7) is 3.66. The standard InChI is InChI=1S/C14H26O2/c1-3-4-5-6-7-8-9-10-11-12-13-16-14(2)15/h12-13H,3-11H2,1-2H3/b13-12-. The SMILES string of the molecule is CCCCCCCCCC/C=C\OC(C)=O. The molecule has 0 heterocycles. The molecule has 0 rings (SSSR count). The van der Waals surface area contributed by atoms with E-state index in [1.807, 2.05) is 6.08 Å². The molecule has 0 N–H and O–H groups in total. The van der Waals surface area contributed by atoms with Crippen molar-refractivity contribution in [3.63, 3.8) is 0 Å². The first-order valence-electron chi connectivity index (χ1n) is 6.59. The highest BCUT2D eigenvalue weighted by molar-refractivity contribution is 5.66. The minimum Gasteiger partial charge on any atom is -0.435 e. The molecule has 2 nitrogen and oxygen atoms in total. The Morgan fingerprint density at radius 2 is 1.56 bits per heavy atom. The van der Waals surface area contributed by atoms with Crippen LogP contribution in [0, 0.1) is 0 Å². The van der Waals surface area contributed by atoms with Crippen LogP contribution in [-0.4, -0.2) is 5.97 Å². The van der Waals surface area contributed by atoms with E-state index in [2.05, 4.69) is 6.92 Å². The molecular formula is C14H26O2. The van der Waals surface area contributed by atoms with Crippen LogP contribution in [-0.2, 0) is 9.53 Å². The van der Waals surface area contributed by atoms with Crippen LogP contribution in [0.3, 0.4) is 0 Å². The molecule has 0 atom stereocenters. The Hall–Kier alpha value is -0.790. The zero-order chi connectivity index (χ0) is 12.1. The molecule has 0 aliphatic rings. The Balaban J connectivity index is 3.03. The first-order chi connectivity index (χ1) is 7.77. The van der Waals surface area contributed by atoms with E-state index in [1.54, 1.807) is 0 Å². The van der Waals surface area contributed by atoms with Gasteiger partial charge in [0.1, 0.15) is 0 Å². The van der Waals surface area contributed by atoms with Gasteiger partial charge < -0.3 is 4.74 Å². The number of hydrogen-bond acceptors (Lipinski definition) is 2. The molecule has 0 aromatic carbocycles. The number of allylic oxidation sites excluding steroid dienone is 1. The maximum atomic E-state index is 10.4. The fourth-order valence-electron chi connectivity index (χ4n) is 1.61. The summed E-state index contributed by atoms with van der Waals surface area (Å²) < 4.78 is 4.69. The van der Waals surface area contributed by atoms with Gasteiger partial charge in [0.15, 0.2) is 0 Å². The lowest BCUT2D eigenvalue weighted by atomic mass is 10.1. The zero-order valence-electron chi connectivity index (χ0n) is 10.8. The normalized spacial score (nSPS) is 10.9. The van der Waals surface area contributed by atoms with Crippen molar-refractivity contribution in [3.05, 3.63) is 12.3 Å². The first kappa shape index (κ1) is 15.2. The highest BCUT2D eigenvalue weighted by Crippen LogP contribution is 2.09. The van der Waals surface area contributed by atoms with Gasteiger partial charge in [-0.3, -0.25) is 4.79 Å². The number of carbonyl (C=O) groups excluding carboxylic acids is 1. The van der Waals surface area contributed by atoms with E-state index >= 15 is 0 Å². The summed E-state index contributed by atoms with van der Waals surface area (Å²) in [5.41, 5.74) is 0. The van der Waals surface area contributed by atoms with E-state index in [0.29, 0.717) is 0 Å². The van der Waals surface area contributed by atoms with Crippen molar-refractivity contribution in [2.24, 2.45) is 0 Å². The van der Waals surface area contributed by atoms with Gasteiger partial charge in [-0.05, 0) is 18.9 Å². The summed E-state index contributed by atoms with van der Waals surface area (Å²) in [5, 5.41) is 0. The van der Waals surface area contributed by atoms with Crippen molar-refractivity contribution in [2.45, 2.75) is 71.6 Å². The van der Waals surface area contributed by atoms with Crippen LogP contribution < -0.4 is 0 Å². The van der Waals surface area contributed by atoms with Gasteiger partial charge in [0.2, 0.25) is 0 Å². The minimum atomic E-state index is -0.243. The maximum Gasteiger partial charge on any atom is 0.307 e. The lowest BCUT2D eigenvalue weighted by molar-refractivity contribution is -0.135. The molecule has 0 radical (unpaired) electrons. The quantitative estimate of drug-likeness (QED) is 0.309. The van der Waals surface area contributed by atoms with Crippen LogP contribution in [0.1, 0.15) is 71.6 Å². The smallest absolute Gasteiger partial charge is 0.307 e. The summed E-state index contributed by atoms with van der Waals surface area (Å²) in [5.74, 6) is -0.243. The van der Waals surface area contributed by atoms with Gasteiger partial charge in [-0.15, -0.1) is 0 Å². The third-order valence-corrected chi connectivity index (χ3v) is 2.55. The zero-order valence-corrected chi connectivity index (χ0v) is 10.8. The van der Waals surface area contributed by atoms with Crippen LogP contribution >= 0.6 is 0 Å². The monoisotopic (exact) mass is 226 g/mol. The lowest BCUT2D eigenvalue weighted by Crippen LogP contribution is -1.89. The topological polar surface area (TPSA) is 26.3 Å². The molecule has 0 spiro atoms. The van der Waals surface area contributed by atoms with E-state index < -0.39 is 0 Å². The van der Waals surface area contributed by atoms with Gasteiger partial charge in [-0.2, -0.15) is 0 Å². The second-order valence-corrected chi connectivity index (χ2v) is 4.24. The molecule has 0 amide bonds. The molecule has 0 fully saturated rings. The van der Waals surface area contributed by atoms with E-state index in [9.17, 15) is 4.79 Å². The Bertz CT molecular complexity index is 185. The summed E-state index contributed by atoms with van der Waals surface area (Å²) in [4.78, 5) is 10.4. The predicted octanol–water partition coefficient (Wildman–Crippen LogP) is 4.59. The molecule has 0 saturated carbocycles. The van der Waals surface area contributed by atoms with Crippen molar-refractivity contribution in [1.82, 2.24) is 0 Å². The Morgan fingerprint density at radius 3 is 2.12 bits per heavy atom. The van der Waals surface area contributed by atoms with Crippen LogP contribution in [0.15, 0.2) is 12.3 Å². The van der Waals surface area contributed by atoms with Gasteiger partial charge in [0, 0.05) is 6.92 Å². The molecule has 2 heteroatoms. The summed E-state index contributed by atoms with van der Waals surface area (Å²) >= 11 is 0. The Morgan fingerprint density at radius 1 is 1.00 bits per heavy atom. The van der Waals surface area contributed by atoms with Crippen molar-refractivity contribution < 1.29 is 9.53 Å².